The lowest BCUT2D eigenvalue weighted by atomic mass is 10.4. The second-order valence-electron chi connectivity index (χ2n) is 3.00. The van der Waals surface area contributed by atoms with Gasteiger partial charge in [0, 0.05) is 19.7 Å². The van der Waals surface area contributed by atoms with Crippen LogP contribution in [0.2, 0.25) is 0 Å². The van der Waals surface area contributed by atoms with Gasteiger partial charge in [0.05, 0.1) is 12.4 Å². The van der Waals surface area contributed by atoms with Crippen LogP contribution < -0.4 is 10.5 Å². The number of aromatic amines is 1. The Morgan fingerprint density at radius 2 is 2.46 bits per heavy atom. The molecule has 0 bridgehead atoms. The van der Waals surface area contributed by atoms with E-state index in [1.165, 1.54) is 12.4 Å². The van der Waals surface area contributed by atoms with Crippen LogP contribution in [0.1, 0.15) is 6.92 Å². The van der Waals surface area contributed by atoms with Crippen molar-refractivity contribution >= 4 is 5.82 Å². The lowest BCUT2D eigenvalue weighted by Crippen LogP contribution is -2.28. The highest BCUT2D eigenvalue weighted by Crippen LogP contribution is 2.03. The molecule has 1 heterocycles. The zero-order valence-corrected chi connectivity index (χ0v) is 7.69. The molecule has 0 fully saturated rings. The summed E-state index contributed by atoms with van der Waals surface area (Å²) in [6.07, 6.45) is 0.905. The number of anilines is 1. The highest BCUT2D eigenvalue weighted by molar-refractivity contribution is 5.34. The average molecular weight is 183 g/mol. The summed E-state index contributed by atoms with van der Waals surface area (Å²) < 4.78 is 0. The van der Waals surface area contributed by atoms with Gasteiger partial charge in [0.1, 0.15) is 5.82 Å². The molecule has 0 radical (unpaired) electrons. The summed E-state index contributed by atoms with van der Waals surface area (Å²) >= 11 is 0. The Kier molecular flexibility index (Phi) is 3.02. The van der Waals surface area contributed by atoms with E-state index in [0.29, 0.717) is 12.4 Å². The summed E-state index contributed by atoms with van der Waals surface area (Å²) in [6, 6.07) is 1.39. The number of hydrogen-bond donors (Lipinski definition) is 2. The second-order valence-corrected chi connectivity index (χ2v) is 3.00. The van der Waals surface area contributed by atoms with Crippen molar-refractivity contribution in [2.24, 2.45) is 0 Å². The summed E-state index contributed by atoms with van der Waals surface area (Å²) in [5, 5.41) is 9.10. The molecule has 1 unspecified atom stereocenters. The first-order chi connectivity index (χ1) is 6.09. The number of aromatic nitrogens is 2. The minimum atomic E-state index is -0.439. The van der Waals surface area contributed by atoms with Gasteiger partial charge in [-0.05, 0) is 6.92 Å². The summed E-state index contributed by atoms with van der Waals surface area (Å²) in [6.45, 7) is 2.14. The predicted octanol–water partition coefficient (Wildman–Crippen LogP) is -0.413. The van der Waals surface area contributed by atoms with Gasteiger partial charge in [-0.1, -0.05) is 0 Å². The van der Waals surface area contributed by atoms with Crippen molar-refractivity contribution in [3.05, 3.63) is 22.7 Å². The zero-order chi connectivity index (χ0) is 9.84. The second kappa shape index (κ2) is 4.04. The van der Waals surface area contributed by atoms with Gasteiger partial charge in [-0.3, -0.25) is 4.79 Å². The summed E-state index contributed by atoms with van der Waals surface area (Å²) in [4.78, 5) is 19.0. The van der Waals surface area contributed by atoms with Crippen LogP contribution in [0.15, 0.2) is 17.2 Å². The first kappa shape index (κ1) is 9.73. The van der Waals surface area contributed by atoms with Gasteiger partial charge < -0.3 is 15.0 Å². The lowest BCUT2D eigenvalue weighted by Gasteiger charge is -2.18. The van der Waals surface area contributed by atoms with Crippen LogP contribution in [-0.2, 0) is 0 Å². The molecule has 1 atom stereocenters. The van der Waals surface area contributed by atoms with Crippen molar-refractivity contribution in [2.45, 2.75) is 13.0 Å². The van der Waals surface area contributed by atoms with Crippen LogP contribution in [0.4, 0.5) is 5.82 Å². The van der Waals surface area contributed by atoms with Gasteiger partial charge >= 0.3 is 0 Å². The van der Waals surface area contributed by atoms with Crippen LogP contribution in [-0.4, -0.2) is 34.8 Å². The molecular weight excluding hydrogens is 170 g/mol. The molecule has 0 aliphatic heterocycles. The van der Waals surface area contributed by atoms with Gasteiger partial charge in [0.2, 0.25) is 0 Å². The van der Waals surface area contributed by atoms with Crippen molar-refractivity contribution in [3.8, 4) is 0 Å². The number of hydrogen-bond acceptors (Lipinski definition) is 4. The standard InChI is InChI=1S/C8H13N3O2/c1-6(12)4-11(2)7-3-8(13)10-5-9-7/h3,5-6,12H,4H2,1-2H3,(H,9,10,13). The van der Waals surface area contributed by atoms with Crippen molar-refractivity contribution in [3.63, 3.8) is 0 Å². The predicted molar refractivity (Wildman–Crippen MR) is 49.8 cm³/mol. The molecule has 0 amide bonds. The van der Waals surface area contributed by atoms with E-state index >= 15 is 0 Å². The maximum atomic E-state index is 10.9. The van der Waals surface area contributed by atoms with E-state index in [-0.39, 0.29) is 5.56 Å². The van der Waals surface area contributed by atoms with E-state index in [1.54, 1.807) is 18.9 Å². The Morgan fingerprint density at radius 1 is 1.77 bits per heavy atom. The topological polar surface area (TPSA) is 69.2 Å². The molecule has 0 aromatic carbocycles. The van der Waals surface area contributed by atoms with Gasteiger partial charge in [-0.2, -0.15) is 0 Å². The highest BCUT2D eigenvalue weighted by atomic mass is 16.3. The smallest absolute Gasteiger partial charge is 0.252 e. The largest absolute Gasteiger partial charge is 0.392 e. The zero-order valence-electron chi connectivity index (χ0n) is 7.69. The molecule has 1 aromatic heterocycles. The Hall–Kier alpha value is -1.36. The van der Waals surface area contributed by atoms with E-state index in [4.69, 9.17) is 5.11 Å². The first-order valence-electron chi connectivity index (χ1n) is 4.03. The minimum Gasteiger partial charge on any atom is -0.392 e. The summed E-state index contributed by atoms with van der Waals surface area (Å²) in [5.41, 5.74) is -0.192. The van der Waals surface area contributed by atoms with E-state index in [2.05, 4.69) is 9.97 Å². The molecule has 0 aliphatic carbocycles. The van der Waals surface area contributed by atoms with E-state index in [9.17, 15) is 4.79 Å². The average Bonchev–Trinajstić information content (AvgIpc) is 2.03. The molecule has 0 saturated heterocycles. The van der Waals surface area contributed by atoms with Gasteiger partial charge in [-0.25, -0.2) is 4.98 Å². The van der Waals surface area contributed by atoms with E-state index < -0.39 is 6.10 Å². The monoisotopic (exact) mass is 183 g/mol. The molecule has 0 spiro atoms. The van der Waals surface area contributed by atoms with Gasteiger partial charge in [0.25, 0.3) is 5.56 Å². The van der Waals surface area contributed by atoms with Gasteiger partial charge in [0.15, 0.2) is 0 Å². The Bertz CT molecular complexity index is 321. The molecule has 13 heavy (non-hydrogen) atoms. The van der Waals surface area contributed by atoms with E-state index in [1.807, 2.05) is 0 Å². The molecule has 0 saturated carbocycles. The summed E-state index contributed by atoms with van der Waals surface area (Å²) in [5.74, 6) is 0.560. The maximum Gasteiger partial charge on any atom is 0.252 e. The Balaban J connectivity index is 2.77. The molecule has 5 heteroatoms. The molecule has 0 aliphatic rings. The van der Waals surface area contributed by atoms with E-state index in [0.717, 1.165) is 0 Å². The fraction of sp³-hybridized carbons (Fsp3) is 0.500. The number of nitrogens with one attached hydrogen (secondary N) is 1. The van der Waals surface area contributed by atoms with Crippen LogP contribution in [0.5, 0.6) is 0 Å². The molecule has 1 rings (SSSR count). The van der Waals surface area contributed by atoms with Crippen LogP contribution in [0.25, 0.3) is 0 Å². The summed E-state index contributed by atoms with van der Waals surface area (Å²) in [7, 11) is 1.77. The quantitative estimate of drug-likeness (QED) is 0.668. The number of aliphatic hydroxyl groups excluding tert-OH is 1. The minimum absolute atomic E-state index is 0.192. The van der Waals surface area contributed by atoms with Crippen molar-refractivity contribution in [1.82, 2.24) is 9.97 Å². The normalized spacial score (nSPS) is 12.5. The SMILES string of the molecule is CC(O)CN(C)c1cc(=O)[nH]cn1. The number of likely N-dealkylation sites (N-methyl/N-ethyl adjacent to an activating group) is 1. The fourth-order valence-corrected chi connectivity index (χ4v) is 1.06. The number of aliphatic hydroxyl groups is 1. The molecule has 72 valence electrons. The van der Waals surface area contributed by atoms with Gasteiger partial charge in [-0.15, -0.1) is 0 Å². The van der Waals surface area contributed by atoms with Crippen LogP contribution >= 0.6 is 0 Å². The number of rotatable bonds is 3. The Morgan fingerprint density at radius 3 is 3.00 bits per heavy atom. The van der Waals surface area contributed by atoms with Crippen LogP contribution in [0, 0.1) is 0 Å². The fourth-order valence-electron chi connectivity index (χ4n) is 1.06. The Labute approximate surface area is 76.0 Å². The number of nitrogens with zero attached hydrogens (tertiary/aromatic N) is 2. The third-order valence-electron chi connectivity index (χ3n) is 1.59. The first-order valence-corrected chi connectivity index (χ1v) is 4.03. The third-order valence-corrected chi connectivity index (χ3v) is 1.59. The molecule has 2 N–H and O–H groups in total. The van der Waals surface area contributed by atoms with Crippen molar-refractivity contribution in [1.29, 1.82) is 0 Å². The van der Waals surface area contributed by atoms with Crippen LogP contribution in [0.3, 0.4) is 0 Å². The molecule has 1 aromatic rings. The number of H-pyrrole nitrogens is 1. The highest BCUT2D eigenvalue weighted by Gasteiger charge is 2.05. The third kappa shape index (κ3) is 2.87. The van der Waals surface area contributed by atoms with Crippen molar-refractivity contribution in [2.75, 3.05) is 18.5 Å². The van der Waals surface area contributed by atoms with Crippen molar-refractivity contribution < 1.29 is 5.11 Å². The maximum absolute atomic E-state index is 10.9. The molecule has 5 nitrogen and oxygen atoms in total. The lowest BCUT2D eigenvalue weighted by molar-refractivity contribution is 0.201. The molecular formula is C8H13N3O2.